The summed E-state index contributed by atoms with van der Waals surface area (Å²) in [5.74, 6) is 0.198. The summed E-state index contributed by atoms with van der Waals surface area (Å²) >= 11 is 0. The number of fused-ring (bicyclic) bond motifs is 1. The third-order valence-electron chi connectivity index (χ3n) is 9.06. The van der Waals surface area contributed by atoms with Gasteiger partial charge in [-0.25, -0.2) is 25.8 Å². The second-order valence-electron chi connectivity index (χ2n) is 13.9. The van der Waals surface area contributed by atoms with Crippen LogP contribution in [-0.4, -0.2) is 74.1 Å². The molecule has 0 saturated carbocycles. The molecule has 0 aliphatic carbocycles. The summed E-state index contributed by atoms with van der Waals surface area (Å²) in [6.45, 7) is 11.5. The first kappa shape index (κ1) is 41.4. The number of esters is 1. The monoisotopic (exact) mass is 811 g/mol. The summed E-state index contributed by atoms with van der Waals surface area (Å²) in [6.07, 6.45) is 1.61. The molecule has 0 bridgehead atoms. The highest BCUT2D eigenvalue weighted by Gasteiger charge is 2.33. The predicted molar refractivity (Wildman–Crippen MR) is 209 cm³/mol. The van der Waals surface area contributed by atoms with Gasteiger partial charge in [0.1, 0.15) is 30.5 Å². The van der Waals surface area contributed by atoms with Crippen molar-refractivity contribution >= 4 is 47.7 Å². The number of carbonyl (C=O) groups excluding carboxylic acids is 1. The molecular formula is C39H45N3O10S3. The number of benzene rings is 3. The topological polar surface area (TPSA) is 170 Å². The lowest BCUT2D eigenvalue weighted by Gasteiger charge is -2.23. The number of ether oxygens (including phenoxy) is 4. The van der Waals surface area contributed by atoms with Crippen LogP contribution in [0.4, 0.5) is 0 Å². The quantitative estimate of drug-likeness (QED) is 0.114. The fourth-order valence-electron chi connectivity index (χ4n) is 6.04. The van der Waals surface area contributed by atoms with Gasteiger partial charge in [0, 0.05) is 23.4 Å². The summed E-state index contributed by atoms with van der Waals surface area (Å²) in [7, 11) is -7.03. The van der Waals surface area contributed by atoms with E-state index in [1.54, 1.807) is 83.3 Å². The highest BCUT2D eigenvalue weighted by molar-refractivity contribution is 7.91. The average Bonchev–Trinajstić information content (AvgIpc) is 3.52. The van der Waals surface area contributed by atoms with Crippen LogP contribution in [0, 0.1) is 40.0 Å². The lowest BCUT2D eigenvalue weighted by atomic mass is 9.95. The van der Waals surface area contributed by atoms with E-state index in [-0.39, 0.29) is 50.7 Å². The minimum absolute atomic E-state index is 0.0343. The second-order valence-corrected chi connectivity index (χ2v) is 19.1. The summed E-state index contributed by atoms with van der Waals surface area (Å²) < 4.78 is 92.0. The van der Waals surface area contributed by atoms with E-state index in [2.05, 4.69) is 9.97 Å². The lowest BCUT2D eigenvalue weighted by molar-refractivity contribution is -0.154. The molecule has 0 saturated heterocycles. The first-order valence-electron chi connectivity index (χ1n) is 17.2. The summed E-state index contributed by atoms with van der Waals surface area (Å²) in [6, 6.07) is 14.3. The molecule has 0 amide bonds. The molecule has 294 valence electrons. The minimum atomic E-state index is -4.42. The Kier molecular flexibility index (Phi) is 12.1. The molecule has 0 radical (unpaired) electrons. The van der Waals surface area contributed by atoms with Crippen molar-refractivity contribution in [3.63, 3.8) is 0 Å². The Morgan fingerprint density at radius 2 is 1.51 bits per heavy atom. The van der Waals surface area contributed by atoms with Crippen LogP contribution in [0.2, 0.25) is 0 Å². The largest absolute Gasteiger partial charge is 0.497 e. The van der Waals surface area contributed by atoms with E-state index in [0.29, 0.717) is 39.6 Å². The molecule has 0 N–H and O–H groups in total. The molecule has 0 spiro atoms. The van der Waals surface area contributed by atoms with Gasteiger partial charge in [-0.3, -0.25) is 14.0 Å². The van der Waals surface area contributed by atoms with Crippen LogP contribution in [0.1, 0.15) is 47.4 Å². The maximum Gasteiger partial charge on any atom is 0.315 e. The first-order chi connectivity index (χ1) is 25.8. The number of aryl methyl sites for hydroxylation is 4. The normalized spacial score (nSPS) is 12.7. The van der Waals surface area contributed by atoms with Crippen LogP contribution in [0.15, 0.2) is 75.7 Å². The van der Waals surface area contributed by atoms with Crippen LogP contribution in [-0.2, 0) is 45.9 Å². The number of methoxy groups -OCH3 is 2. The van der Waals surface area contributed by atoms with E-state index >= 15 is 0 Å². The van der Waals surface area contributed by atoms with Crippen molar-refractivity contribution in [2.24, 2.45) is 5.41 Å². The number of rotatable bonds is 15. The smallest absolute Gasteiger partial charge is 0.315 e. The number of hydrogen-bond donors (Lipinski definition) is 0. The molecule has 2 aromatic heterocycles. The highest BCUT2D eigenvalue weighted by Crippen LogP contribution is 2.34. The van der Waals surface area contributed by atoms with Gasteiger partial charge >= 0.3 is 5.97 Å². The zero-order valence-corrected chi connectivity index (χ0v) is 34.7. The molecule has 55 heavy (non-hydrogen) atoms. The number of pyridine rings is 1. The van der Waals surface area contributed by atoms with Gasteiger partial charge in [0.05, 0.1) is 68.5 Å². The molecule has 5 aromatic rings. The van der Waals surface area contributed by atoms with Gasteiger partial charge in [0.25, 0.3) is 10.0 Å². The standard InChI is InChI=1S/C39H45N3O10S3/c1-24-10-13-31(14-11-24)54(45,46)17-16-51-37(43)39(6,7)23-52-30-18-25(2)36(26(3)19-30)55(47,48)42-34-15-12-29(49-8)20-32(34)41-38(42)53(44)22-33-28(5)35(50-9)27(4)21-40-33/h10-15,18-21H,16-17,22-23H2,1-9H3. The van der Waals surface area contributed by atoms with Gasteiger partial charge in [-0.1, -0.05) is 17.7 Å². The molecule has 0 aliphatic heterocycles. The minimum Gasteiger partial charge on any atom is -0.497 e. The number of hydrogen-bond acceptors (Lipinski definition) is 12. The zero-order chi connectivity index (χ0) is 40.5. The molecule has 3 aromatic carbocycles. The van der Waals surface area contributed by atoms with Crippen LogP contribution < -0.4 is 14.2 Å². The van der Waals surface area contributed by atoms with Crippen molar-refractivity contribution in [3.8, 4) is 17.2 Å². The number of imidazole rings is 1. The Bertz CT molecular complexity index is 2490. The predicted octanol–water partition coefficient (Wildman–Crippen LogP) is 5.96. The molecule has 16 heteroatoms. The van der Waals surface area contributed by atoms with Gasteiger partial charge in [-0.05, 0) is 96.0 Å². The van der Waals surface area contributed by atoms with Gasteiger partial charge in [0.2, 0.25) is 5.16 Å². The fraction of sp³-hybridized carbons (Fsp3) is 0.359. The number of sulfone groups is 1. The molecule has 2 heterocycles. The first-order valence-corrected chi connectivity index (χ1v) is 21.6. The van der Waals surface area contributed by atoms with Crippen LogP contribution in [0.3, 0.4) is 0 Å². The van der Waals surface area contributed by atoms with Gasteiger partial charge in [0.15, 0.2) is 9.84 Å². The van der Waals surface area contributed by atoms with Crippen molar-refractivity contribution < 1.29 is 44.8 Å². The van der Waals surface area contributed by atoms with E-state index in [4.69, 9.17) is 18.9 Å². The molecule has 13 nitrogen and oxygen atoms in total. The Balaban J connectivity index is 1.39. The van der Waals surface area contributed by atoms with Crippen molar-refractivity contribution in [2.75, 3.05) is 33.2 Å². The van der Waals surface area contributed by atoms with Gasteiger partial charge in [-0.15, -0.1) is 0 Å². The zero-order valence-electron chi connectivity index (χ0n) is 32.3. The van der Waals surface area contributed by atoms with E-state index in [0.717, 1.165) is 15.1 Å². The number of carbonyl (C=O) groups is 1. The molecule has 0 aliphatic rings. The van der Waals surface area contributed by atoms with Crippen molar-refractivity contribution in [1.29, 1.82) is 0 Å². The van der Waals surface area contributed by atoms with Gasteiger partial charge in [-0.2, -0.15) is 0 Å². The Morgan fingerprint density at radius 3 is 2.13 bits per heavy atom. The van der Waals surface area contributed by atoms with Gasteiger partial charge < -0.3 is 18.9 Å². The van der Waals surface area contributed by atoms with E-state index < -0.39 is 42.0 Å². The van der Waals surface area contributed by atoms with Crippen LogP contribution in [0.25, 0.3) is 11.0 Å². The Labute approximate surface area is 324 Å². The fourth-order valence-corrected chi connectivity index (χ4v) is 10.6. The average molecular weight is 812 g/mol. The Hall–Kier alpha value is -4.80. The Morgan fingerprint density at radius 1 is 0.855 bits per heavy atom. The molecule has 1 unspecified atom stereocenters. The maximum atomic E-state index is 14.7. The van der Waals surface area contributed by atoms with E-state index in [1.165, 1.54) is 26.4 Å². The number of nitrogens with zero attached hydrogens (tertiary/aromatic N) is 3. The third kappa shape index (κ3) is 8.71. The molecule has 1 atom stereocenters. The SMILES string of the molecule is COc1ccc2c(c1)nc(S(=O)Cc1ncc(C)c(OC)c1C)n2S(=O)(=O)c1c(C)cc(OCC(C)(C)C(=O)OCCS(=O)(=O)c2ccc(C)cc2)cc1C. The van der Waals surface area contributed by atoms with Crippen molar-refractivity contribution in [2.45, 2.75) is 69.2 Å². The molecular weight excluding hydrogens is 767 g/mol. The summed E-state index contributed by atoms with van der Waals surface area (Å²) in [5.41, 5.74) is 2.87. The van der Waals surface area contributed by atoms with Crippen molar-refractivity contribution in [1.82, 2.24) is 13.9 Å². The molecule has 0 fully saturated rings. The number of aromatic nitrogens is 3. The highest BCUT2D eigenvalue weighted by atomic mass is 32.2. The van der Waals surface area contributed by atoms with E-state index in [9.17, 15) is 25.8 Å². The third-order valence-corrected chi connectivity index (χ3v) is 14.1. The summed E-state index contributed by atoms with van der Waals surface area (Å²) in [5, 5.41) is -0.185. The lowest BCUT2D eigenvalue weighted by Crippen LogP contribution is -2.34. The van der Waals surface area contributed by atoms with Crippen LogP contribution >= 0.6 is 0 Å². The van der Waals surface area contributed by atoms with Crippen molar-refractivity contribution in [3.05, 3.63) is 94.3 Å². The van der Waals surface area contributed by atoms with E-state index in [1.807, 2.05) is 13.8 Å². The summed E-state index contributed by atoms with van der Waals surface area (Å²) in [4.78, 5) is 22.1. The van der Waals surface area contributed by atoms with Crippen LogP contribution in [0.5, 0.6) is 17.2 Å². The second kappa shape index (κ2) is 16.1. The maximum absolute atomic E-state index is 14.7. The molecule has 5 rings (SSSR count).